The van der Waals surface area contributed by atoms with Crippen molar-refractivity contribution < 1.29 is 4.39 Å². The molecule has 0 bridgehead atoms. The summed E-state index contributed by atoms with van der Waals surface area (Å²) < 4.78 is 18.2. The van der Waals surface area contributed by atoms with Gasteiger partial charge in [0.1, 0.15) is 17.3 Å². The molecule has 0 aliphatic carbocycles. The van der Waals surface area contributed by atoms with E-state index < -0.39 is 5.82 Å². The van der Waals surface area contributed by atoms with Crippen molar-refractivity contribution in [3.05, 3.63) is 53.7 Å². The Balaban J connectivity index is 1.40. The number of benzene rings is 1. The zero-order valence-corrected chi connectivity index (χ0v) is 19.5. The molecule has 1 saturated heterocycles. The SMILES string of the molecule is C[C@@H]1CN(c2ccc3c4n(nc3c2)[C@H](C)CN(c2ccc(C#N)n3ncc(F)c23)C4)[C@@H](C)CN1. The summed E-state index contributed by atoms with van der Waals surface area (Å²) >= 11 is 0. The molecule has 2 aliphatic heterocycles. The number of aromatic nitrogens is 4. The summed E-state index contributed by atoms with van der Waals surface area (Å²) in [6.07, 6.45) is 1.17. The number of nitrogens with one attached hydrogen (secondary N) is 1. The Morgan fingerprint density at radius 2 is 1.97 bits per heavy atom. The lowest BCUT2D eigenvalue weighted by Crippen LogP contribution is -2.54. The zero-order valence-electron chi connectivity index (χ0n) is 19.5. The highest BCUT2D eigenvalue weighted by atomic mass is 19.1. The molecule has 0 spiro atoms. The van der Waals surface area contributed by atoms with E-state index in [2.05, 4.69) is 69.9 Å². The van der Waals surface area contributed by atoms with Gasteiger partial charge in [-0.3, -0.25) is 4.68 Å². The first-order valence-corrected chi connectivity index (χ1v) is 11.8. The number of pyridine rings is 1. The molecule has 0 amide bonds. The molecule has 0 saturated carbocycles. The van der Waals surface area contributed by atoms with Crippen molar-refractivity contribution in [3.63, 3.8) is 0 Å². The molecule has 0 unspecified atom stereocenters. The van der Waals surface area contributed by atoms with Crippen LogP contribution in [-0.2, 0) is 6.54 Å². The van der Waals surface area contributed by atoms with Gasteiger partial charge in [0.05, 0.1) is 35.7 Å². The normalized spacial score (nSPS) is 22.9. The van der Waals surface area contributed by atoms with Crippen LogP contribution in [-0.4, -0.2) is 51.1 Å². The fourth-order valence-electron chi connectivity index (χ4n) is 5.44. The maximum atomic E-state index is 14.7. The smallest absolute Gasteiger partial charge is 0.171 e. The topological polar surface area (TPSA) is 77.4 Å². The molecule has 2 aliphatic rings. The van der Waals surface area contributed by atoms with E-state index in [0.29, 0.717) is 36.4 Å². The van der Waals surface area contributed by atoms with Crippen molar-refractivity contribution >= 4 is 27.8 Å². The summed E-state index contributed by atoms with van der Waals surface area (Å²) in [6, 6.07) is 13.2. The average Bonchev–Trinajstić information content (AvgIpc) is 3.41. The van der Waals surface area contributed by atoms with E-state index in [1.165, 1.54) is 16.4 Å². The Morgan fingerprint density at radius 1 is 1.12 bits per heavy atom. The minimum atomic E-state index is -0.423. The quantitative estimate of drug-likeness (QED) is 0.496. The van der Waals surface area contributed by atoms with Crippen LogP contribution in [0.3, 0.4) is 0 Å². The number of rotatable bonds is 2. The molecular formula is C25H27FN8. The number of fused-ring (bicyclic) bond motifs is 4. The Hall–Kier alpha value is -3.64. The molecule has 3 aromatic heterocycles. The third kappa shape index (κ3) is 3.13. The number of hydrogen-bond donors (Lipinski definition) is 1. The molecule has 5 heterocycles. The minimum Gasteiger partial charge on any atom is -0.366 e. The van der Waals surface area contributed by atoms with Crippen molar-refractivity contribution in [1.82, 2.24) is 24.7 Å². The highest BCUT2D eigenvalue weighted by Gasteiger charge is 2.29. The molecule has 4 aromatic rings. The fourth-order valence-corrected chi connectivity index (χ4v) is 5.44. The molecule has 174 valence electrons. The highest BCUT2D eigenvalue weighted by molar-refractivity contribution is 5.86. The minimum absolute atomic E-state index is 0.111. The van der Waals surface area contributed by atoms with Gasteiger partial charge in [-0.1, -0.05) is 0 Å². The molecule has 0 radical (unpaired) electrons. The van der Waals surface area contributed by atoms with Gasteiger partial charge in [0.15, 0.2) is 5.82 Å². The summed E-state index contributed by atoms with van der Waals surface area (Å²) in [4.78, 5) is 4.61. The largest absolute Gasteiger partial charge is 0.366 e. The lowest BCUT2D eigenvalue weighted by atomic mass is 10.1. The first-order chi connectivity index (χ1) is 16.4. The van der Waals surface area contributed by atoms with E-state index in [4.69, 9.17) is 5.10 Å². The Morgan fingerprint density at radius 3 is 2.79 bits per heavy atom. The molecule has 6 rings (SSSR count). The van der Waals surface area contributed by atoms with E-state index in [0.717, 1.165) is 35.4 Å². The summed E-state index contributed by atoms with van der Waals surface area (Å²) in [5.41, 5.74) is 4.69. The van der Waals surface area contributed by atoms with Crippen molar-refractivity contribution in [2.75, 3.05) is 29.4 Å². The van der Waals surface area contributed by atoms with E-state index in [-0.39, 0.29) is 6.04 Å². The second kappa shape index (κ2) is 7.71. The fraction of sp³-hybridized carbons (Fsp3) is 0.400. The number of anilines is 2. The molecule has 9 heteroatoms. The van der Waals surface area contributed by atoms with Crippen LogP contribution in [0.25, 0.3) is 16.4 Å². The zero-order chi connectivity index (χ0) is 23.6. The van der Waals surface area contributed by atoms with Crippen LogP contribution in [0.1, 0.15) is 38.2 Å². The van der Waals surface area contributed by atoms with E-state index in [9.17, 15) is 9.65 Å². The number of nitrogens with zero attached hydrogens (tertiary/aromatic N) is 7. The second-order valence-corrected chi connectivity index (χ2v) is 9.60. The van der Waals surface area contributed by atoms with E-state index >= 15 is 0 Å². The highest BCUT2D eigenvalue weighted by Crippen LogP contribution is 2.35. The van der Waals surface area contributed by atoms with Crippen LogP contribution in [0.5, 0.6) is 0 Å². The standard InChI is InChI=1S/C25H27FN8/c1-15-12-32(16(2)10-28-15)18-4-6-20-22(8-18)30-33-17(3)13-31(14-24(20)33)23-7-5-19(9-27)34-25(23)21(26)11-29-34/h4-8,11,15-17,28H,10,12-14H2,1-3H3/t15-,16+,17-/m1/s1. The summed E-state index contributed by atoms with van der Waals surface area (Å²) in [7, 11) is 0. The maximum absolute atomic E-state index is 14.7. The molecule has 3 atom stereocenters. The third-order valence-electron chi connectivity index (χ3n) is 7.17. The van der Waals surface area contributed by atoms with Crippen molar-refractivity contribution in [3.8, 4) is 6.07 Å². The Kier molecular flexibility index (Phi) is 4.74. The monoisotopic (exact) mass is 458 g/mol. The van der Waals surface area contributed by atoms with Gasteiger partial charge in [-0.2, -0.15) is 15.5 Å². The lowest BCUT2D eigenvalue weighted by molar-refractivity contribution is 0.425. The van der Waals surface area contributed by atoms with Gasteiger partial charge in [-0.05, 0) is 51.1 Å². The number of hydrogen-bond acceptors (Lipinski definition) is 6. The van der Waals surface area contributed by atoms with Gasteiger partial charge in [0.25, 0.3) is 0 Å². The maximum Gasteiger partial charge on any atom is 0.171 e. The van der Waals surface area contributed by atoms with Gasteiger partial charge in [-0.25, -0.2) is 8.91 Å². The average molecular weight is 459 g/mol. The van der Waals surface area contributed by atoms with Crippen LogP contribution in [0.15, 0.2) is 36.5 Å². The number of piperazine rings is 1. The van der Waals surface area contributed by atoms with E-state index in [1.54, 1.807) is 6.07 Å². The van der Waals surface area contributed by atoms with Crippen LogP contribution in [0.4, 0.5) is 15.8 Å². The van der Waals surface area contributed by atoms with Crippen LogP contribution in [0, 0.1) is 17.1 Å². The van der Waals surface area contributed by atoms with Gasteiger partial charge in [-0.15, -0.1) is 0 Å². The molecule has 34 heavy (non-hydrogen) atoms. The Labute approximate surface area is 197 Å². The van der Waals surface area contributed by atoms with Gasteiger partial charge in [0.2, 0.25) is 0 Å². The van der Waals surface area contributed by atoms with Gasteiger partial charge >= 0.3 is 0 Å². The lowest BCUT2D eigenvalue weighted by Gasteiger charge is -2.39. The second-order valence-electron chi connectivity index (χ2n) is 9.60. The van der Waals surface area contributed by atoms with Crippen molar-refractivity contribution in [2.24, 2.45) is 0 Å². The van der Waals surface area contributed by atoms with Crippen molar-refractivity contribution in [1.29, 1.82) is 5.26 Å². The summed E-state index contributed by atoms with van der Waals surface area (Å²) in [5.74, 6) is -0.423. The molecule has 1 aromatic carbocycles. The number of halogens is 1. The predicted molar refractivity (Wildman–Crippen MR) is 130 cm³/mol. The molecular weight excluding hydrogens is 431 g/mol. The van der Waals surface area contributed by atoms with Crippen LogP contribution < -0.4 is 15.1 Å². The molecule has 1 N–H and O–H groups in total. The first-order valence-electron chi connectivity index (χ1n) is 11.8. The third-order valence-corrected chi connectivity index (χ3v) is 7.17. The first kappa shape index (κ1) is 20.9. The van der Waals surface area contributed by atoms with Crippen molar-refractivity contribution in [2.45, 2.75) is 45.4 Å². The van der Waals surface area contributed by atoms with Crippen LogP contribution in [0.2, 0.25) is 0 Å². The summed E-state index contributed by atoms with van der Waals surface area (Å²) in [5, 5.41) is 23.1. The predicted octanol–water partition coefficient (Wildman–Crippen LogP) is 3.46. The van der Waals surface area contributed by atoms with Gasteiger partial charge in [0, 0.05) is 42.8 Å². The van der Waals surface area contributed by atoms with Gasteiger partial charge < -0.3 is 15.1 Å². The Bertz CT molecular complexity index is 1450. The number of nitriles is 1. The molecule has 8 nitrogen and oxygen atoms in total. The van der Waals surface area contributed by atoms with E-state index in [1.807, 2.05) is 6.07 Å². The van der Waals surface area contributed by atoms with Crippen LogP contribution >= 0.6 is 0 Å². The molecule has 1 fully saturated rings. The summed E-state index contributed by atoms with van der Waals surface area (Å²) in [6.45, 7) is 9.82.